The molecule has 3 amide bonds. The largest absolute Gasteiger partial charge is 0.484 e. The van der Waals surface area contributed by atoms with E-state index in [2.05, 4.69) is 15.6 Å². The molecule has 9 heteroatoms. The molecule has 1 aromatic heterocycles. The minimum Gasteiger partial charge on any atom is -0.484 e. The predicted octanol–water partition coefficient (Wildman–Crippen LogP) is 2.77. The normalized spacial score (nSPS) is 15.2. The molecule has 182 valence electrons. The SMILES string of the molecule is Cc1ccc(NC(=O)COc2ccc(N3C[C@@H](C(=O)NCCCn4ccnc4)CC3=O)cc2)cc1. The highest BCUT2D eigenvalue weighted by molar-refractivity contribution is 6.00. The number of carbonyl (C=O) groups is 3. The first-order valence-electron chi connectivity index (χ1n) is 11.6. The van der Waals surface area contributed by atoms with Gasteiger partial charge in [-0.1, -0.05) is 17.7 Å². The molecule has 2 heterocycles. The second kappa shape index (κ2) is 11.3. The number of nitrogens with one attached hydrogen (secondary N) is 2. The zero-order valence-electron chi connectivity index (χ0n) is 19.6. The molecule has 0 radical (unpaired) electrons. The molecule has 4 rings (SSSR count). The number of benzene rings is 2. The van der Waals surface area contributed by atoms with E-state index in [-0.39, 0.29) is 36.7 Å². The summed E-state index contributed by atoms with van der Waals surface area (Å²) in [6, 6.07) is 14.5. The van der Waals surface area contributed by atoms with E-state index in [0.29, 0.717) is 30.2 Å². The van der Waals surface area contributed by atoms with Gasteiger partial charge in [0.2, 0.25) is 11.8 Å². The topological polar surface area (TPSA) is 106 Å². The highest BCUT2D eigenvalue weighted by Crippen LogP contribution is 2.27. The lowest BCUT2D eigenvalue weighted by atomic mass is 10.1. The van der Waals surface area contributed by atoms with E-state index in [0.717, 1.165) is 18.5 Å². The highest BCUT2D eigenvalue weighted by atomic mass is 16.5. The van der Waals surface area contributed by atoms with Crippen LogP contribution in [0.1, 0.15) is 18.4 Å². The molecule has 1 aliphatic heterocycles. The molecule has 1 aliphatic rings. The Hall–Kier alpha value is -4.14. The molecule has 2 N–H and O–H groups in total. The molecule has 0 unspecified atom stereocenters. The van der Waals surface area contributed by atoms with E-state index in [4.69, 9.17) is 4.74 Å². The van der Waals surface area contributed by atoms with Crippen molar-refractivity contribution in [3.05, 3.63) is 72.8 Å². The molecule has 0 aliphatic carbocycles. The second-order valence-electron chi connectivity index (χ2n) is 8.55. The van der Waals surface area contributed by atoms with E-state index in [9.17, 15) is 14.4 Å². The number of hydrogen-bond acceptors (Lipinski definition) is 5. The van der Waals surface area contributed by atoms with Crippen LogP contribution >= 0.6 is 0 Å². The first kappa shape index (κ1) is 24.0. The summed E-state index contributed by atoms with van der Waals surface area (Å²) in [7, 11) is 0. The van der Waals surface area contributed by atoms with Crippen molar-refractivity contribution in [3.8, 4) is 5.75 Å². The fourth-order valence-corrected chi connectivity index (χ4v) is 3.87. The first-order valence-corrected chi connectivity index (χ1v) is 11.6. The predicted molar refractivity (Wildman–Crippen MR) is 132 cm³/mol. The van der Waals surface area contributed by atoms with Crippen LogP contribution in [0.3, 0.4) is 0 Å². The molecule has 1 atom stereocenters. The maximum atomic E-state index is 12.5. The van der Waals surface area contributed by atoms with Gasteiger partial charge in [-0.2, -0.15) is 0 Å². The summed E-state index contributed by atoms with van der Waals surface area (Å²) in [6.07, 6.45) is 6.32. The van der Waals surface area contributed by atoms with Crippen LogP contribution in [-0.2, 0) is 20.9 Å². The Balaban J connectivity index is 1.21. The smallest absolute Gasteiger partial charge is 0.262 e. The van der Waals surface area contributed by atoms with Gasteiger partial charge < -0.3 is 24.8 Å². The third-order valence-electron chi connectivity index (χ3n) is 5.80. The lowest BCUT2D eigenvalue weighted by Gasteiger charge is -2.17. The zero-order chi connectivity index (χ0) is 24.6. The number of aryl methyl sites for hydroxylation is 2. The van der Waals surface area contributed by atoms with Crippen molar-refractivity contribution in [2.75, 3.05) is 29.9 Å². The molecule has 3 aromatic rings. The van der Waals surface area contributed by atoms with Crippen molar-refractivity contribution in [1.82, 2.24) is 14.9 Å². The summed E-state index contributed by atoms with van der Waals surface area (Å²) < 4.78 is 7.52. The van der Waals surface area contributed by atoms with E-state index in [1.165, 1.54) is 0 Å². The van der Waals surface area contributed by atoms with Gasteiger partial charge >= 0.3 is 0 Å². The summed E-state index contributed by atoms with van der Waals surface area (Å²) >= 11 is 0. The van der Waals surface area contributed by atoms with Crippen LogP contribution in [0.4, 0.5) is 11.4 Å². The number of ether oxygens (including phenoxy) is 1. The van der Waals surface area contributed by atoms with Gasteiger partial charge in [-0.05, 0) is 49.7 Å². The number of aromatic nitrogens is 2. The number of imidazole rings is 1. The van der Waals surface area contributed by atoms with Crippen molar-refractivity contribution in [2.45, 2.75) is 26.3 Å². The van der Waals surface area contributed by atoms with Crippen LogP contribution in [0.2, 0.25) is 0 Å². The molecule has 9 nitrogen and oxygen atoms in total. The van der Waals surface area contributed by atoms with Crippen LogP contribution in [0.25, 0.3) is 0 Å². The Morgan fingerprint density at radius 3 is 2.60 bits per heavy atom. The lowest BCUT2D eigenvalue weighted by Crippen LogP contribution is -2.33. The van der Waals surface area contributed by atoms with Gasteiger partial charge in [-0.3, -0.25) is 14.4 Å². The number of nitrogens with zero attached hydrogens (tertiary/aromatic N) is 3. The van der Waals surface area contributed by atoms with Crippen LogP contribution < -0.4 is 20.3 Å². The molecule has 1 saturated heterocycles. The van der Waals surface area contributed by atoms with Gasteiger partial charge in [0, 0.05) is 49.8 Å². The standard InChI is InChI=1S/C26H29N5O4/c1-19-3-5-21(6-4-19)29-24(32)17-35-23-9-7-22(8-10-23)31-16-20(15-25(31)33)26(34)28-11-2-13-30-14-12-27-18-30/h3-10,12,14,18,20H,2,11,13,15-17H2,1H3,(H,28,34)(H,29,32)/t20-/m0/s1. The molecule has 1 fully saturated rings. The highest BCUT2D eigenvalue weighted by Gasteiger charge is 2.34. The number of hydrogen-bond donors (Lipinski definition) is 2. The minimum absolute atomic E-state index is 0.0882. The summed E-state index contributed by atoms with van der Waals surface area (Å²) in [5.41, 5.74) is 2.52. The number of amides is 3. The van der Waals surface area contributed by atoms with Gasteiger partial charge in [0.1, 0.15) is 5.75 Å². The van der Waals surface area contributed by atoms with Crippen LogP contribution in [0, 0.1) is 12.8 Å². The number of anilines is 2. The molecular weight excluding hydrogens is 446 g/mol. The van der Waals surface area contributed by atoms with Gasteiger partial charge in [0.15, 0.2) is 6.61 Å². The third kappa shape index (κ3) is 6.69. The summed E-state index contributed by atoms with van der Waals surface area (Å²) in [6.45, 7) is 3.52. The minimum atomic E-state index is -0.378. The Morgan fingerprint density at radius 1 is 1.11 bits per heavy atom. The van der Waals surface area contributed by atoms with Crippen LogP contribution in [-0.4, -0.2) is 47.0 Å². The monoisotopic (exact) mass is 475 g/mol. The Kier molecular flexibility index (Phi) is 7.77. The Bertz CT molecular complexity index is 1140. The van der Waals surface area contributed by atoms with E-state index < -0.39 is 0 Å². The molecule has 0 spiro atoms. The van der Waals surface area contributed by atoms with Gasteiger partial charge in [-0.15, -0.1) is 0 Å². The average Bonchev–Trinajstić information content (AvgIpc) is 3.52. The van der Waals surface area contributed by atoms with Gasteiger partial charge in [-0.25, -0.2) is 4.98 Å². The van der Waals surface area contributed by atoms with Gasteiger partial charge in [0.25, 0.3) is 5.91 Å². The van der Waals surface area contributed by atoms with Crippen LogP contribution in [0.15, 0.2) is 67.3 Å². The van der Waals surface area contributed by atoms with E-state index >= 15 is 0 Å². The third-order valence-corrected chi connectivity index (χ3v) is 5.80. The molecule has 35 heavy (non-hydrogen) atoms. The molecule has 0 saturated carbocycles. The summed E-state index contributed by atoms with van der Waals surface area (Å²) in [5, 5.41) is 5.71. The zero-order valence-corrected chi connectivity index (χ0v) is 19.6. The number of rotatable bonds is 10. The maximum absolute atomic E-state index is 12.5. The summed E-state index contributed by atoms with van der Waals surface area (Å²) in [5.74, 6) is -0.309. The first-order chi connectivity index (χ1) is 17.0. The van der Waals surface area contributed by atoms with Crippen molar-refractivity contribution in [3.63, 3.8) is 0 Å². The van der Waals surface area contributed by atoms with Crippen molar-refractivity contribution in [2.24, 2.45) is 5.92 Å². The maximum Gasteiger partial charge on any atom is 0.262 e. The summed E-state index contributed by atoms with van der Waals surface area (Å²) in [4.78, 5) is 42.8. The molecule has 0 bridgehead atoms. The Labute approximate surface area is 204 Å². The van der Waals surface area contributed by atoms with E-state index in [1.54, 1.807) is 41.7 Å². The van der Waals surface area contributed by atoms with Crippen molar-refractivity contribution >= 4 is 29.1 Å². The quantitative estimate of drug-likeness (QED) is 0.439. The fourth-order valence-electron chi connectivity index (χ4n) is 3.87. The molecule has 2 aromatic carbocycles. The lowest BCUT2D eigenvalue weighted by molar-refractivity contribution is -0.126. The van der Waals surface area contributed by atoms with Gasteiger partial charge in [0.05, 0.1) is 12.2 Å². The van der Waals surface area contributed by atoms with Crippen molar-refractivity contribution in [1.29, 1.82) is 0 Å². The average molecular weight is 476 g/mol. The number of carbonyl (C=O) groups excluding carboxylic acids is 3. The second-order valence-corrected chi connectivity index (χ2v) is 8.55. The fraction of sp³-hybridized carbons (Fsp3) is 0.308. The van der Waals surface area contributed by atoms with Crippen LogP contribution in [0.5, 0.6) is 5.75 Å². The Morgan fingerprint density at radius 2 is 1.89 bits per heavy atom. The molecular formula is C26H29N5O4. The van der Waals surface area contributed by atoms with Crippen molar-refractivity contribution < 1.29 is 19.1 Å². The van der Waals surface area contributed by atoms with E-state index in [1.807, 2.05) is 42.0 Å².